The first-order valence-electron chi connectivity index (χ1n) is 6.97. The molecule has 3 nitrogen and oxygen atoms in total. The van der Waals surface area contributed by atoms with Crippen LogP contribution in [0, 0.1) is 0 Å². The summed E-state index contributed by atoms with van der Waals surface area (Å²) in [6, 6.07) is 10.5. The van der Waals surface area contributed by atoms with Gasteiger partial charge in [0.05, 0.1) is 0 Å². The first-order valence-corrected chi connectivity index (χ1v) is 6.97. The highest BCUT2D eigenvalue weighted by Crippen LogP contribution is 2.21. The van der Waals surface area contributed by atoms with Gasteiger partial charge in [-0.3, -0.25) is 0 Å². The molecule has 19 heavy (non-hydrogen) atoms. The average molecular weight is 253 g/mol. The summed E-state index contributed by atoms with van der Waals surface area (Å²) in [5, 5.41) is 3.37. The summed E-state index contributed by atoms with van der Waals surface area (Å²) in [5.74, 6) is 1.55. The maximum atomic E-state index is 4.56. The van der Waals surface area contributed by atoms with E-state index >= 15 is 0 Å². The van der Waals surface area contributed by atoms with Gasteiger partial charge in [0.2, 0.25) is 0 Å². The maximum Gasteiger partial charge on any atom is 0.131 e. The Morgan fingerprint density at radius 3 is 2.32 bits per heavy atom. The minimum Gasteiger partial charge on any atom is -0.317 e. The lowest BCUT2D eigenvalue weighted by atomic mass is 9.97. The van der Waals surface area contributed by atoms with Crippen molar-refractivity contribution in [2.45, 2.75) is 25.2 Å². The zero-order valence-electron chi connectivity index (χ0n) is 11.0. The van der Waals surface area contributed by atoms with Crippen LogP contribution in [0.2, 0.25) is 0 Å². The van der Waals surface area contributed by atoms with Gasteiger partial charge in [-0.05, 0) is 37.1 Å². The molecule has 0 bridgehead atoms. The van der Waals surface area contributed by atoms with Gasteiger partial charge in [-0.1, -0.05) is 30.3 Å². The second-order valence-electron chi connectivity index (χ2n) is 5.14. The molecule has 0 spiro atoms. The normalized spacial score (nSPS) is 16.4. The molecule has 2 aromatic rings. The summed E-state index contributed by atoms with van der Waals surface area (Å²) in [4.78, 5) is 9.12. The molecule has 0 saturated carbocycles. The van der Waals surface area contributed by atoms with Gasteiger partial charge in [-0.2, -0.15) is 0 Å². The zero-order valence-corrected chi connectivity index (χ0v) is 11.0. The van der Waals surface area contributed by atoms with E-state index in [0.717, 1.165) is 38.2 Å². The standard InChI is InChI=1S/C16H19N3/c1-2-4-13(5-3-1)10-14-11-18-16(19-12-14)15-6-8-17-9-7-15/h1-5,11-12,15,17H,6-10H2. The van der Waals surface area contributed by atoms with E-state index < -0.39 is 0 Å². The van der Waals surface area contributed by atoms with Crippen LogP contribution in [0.4, 0.5) is 0 Å². The molecule has 0 radical (unpaired) electrons. The SMILES string of the molecule is c1ccc(Cc2cnc(C3CCNCC3)nc2)cc1. The molecular weight excluding hydrogens is 234 g/mol. The van der Waals surface area contributed by atoms with E-state index in [2.05, 4.69) is 39.6 Å². The highest BCUT2D eigenvalue weighted by atomic mass is 14.9. The Kier molecular flexibility index (Phi) is 3.84. The molecule has 0 atom stereocenters. The Labute approximate surface area is 114 Å². The number of benzene rings is 1. The minimum atomic E-state index is 0.534. The summed E-state index contributed by atoms with van der Waals surface area (Å²) < 4.78 is 0. The van der Waals surface area contributed by atoms with Gasteiger partial charge in [-0.25, -0.2) is 9.97 Å². The van der Waals surface area contributed by atoms with Gasteiger partial charge in [0, 0.05) is 24.7 Å². The number of nitrogens with one attached hydrogen (secondary N) is 1. The van der Waals surface area contributed by atoms with Crippen LogP contribution in [0.5, 0.6) is 0 Å². The number of aromatic nitrogens is 2. The van der Waals surface area contributed by atoms with Crippen LogP contribution < -0.4 is 5.32 Å². The van der Waals surface area contributed by atoms with Crippen molar-refractivity contribution in [1.29, 1.82) is 0 Å². The molecule has 0 unspecified atom stereocenters. The second kappa shape index (κ2) is 5.93. The van der Waals surface area contributed by atoms with E-state index in [0.29, 0.717) is 5.92 Å². The molecule has 3 heteroatoms. The van der Waals surface area contributed by atoms with E-state index in [1.54, 1.807) is 0 Å². The maximum absolute atomic E-state index is 4.56. The van der Waals surface area contributed by atoms with E-state index in [-0.39, 0.29) is 0 Å². The smallest absolute Gasteiger partial charge is 0.131 e. The first kappa shape index (κ1) is 12.3. The number of hydrogen-bond donors (Lipinski definition) is 1. The van der Waals surface area contributed by atoms with E-state index in [9.17, 15) is 0 Å². The predicted molar refractivity (Wildman–Crippen MR) is 76.1 cm³/mol. The number of rotatable bonds is 3. The van der Waals surface area contributed by atoms with Crippen LogP contribution in [0.1, 0.15) is 35.7 Å². The van der Waals surface area contributed by atoms with Crippen LogP contribution in [0.25, 0.3) is 0 Å². The summed E-state index contributed by atoms with van der Waals surface area (Å²) in [5.41, 5.74) is 2.49. The van der Waals surface area contributed by atoms with Crippen molar-refractivity contribution in [2.75, 3.05) is 13.1 Å². The molecule has 3 rings (SSSR count). The molecule has 1 saturated heterocycles. The summed E-state index contributed by atoms with van der Waals surface area (Å²) in [6.45, 7) is 2.17. The number of piperidine rings is 1. The molecule has 1 N–H and O–H groups in total. The molecular formula is C16H19N3. The summed E-state index contributed by atoms with van der Waals surface area (Å²) >= 11 is 0. The van der Waals surface area contributed by atoms with Crippen LogP contribution in [0.3, 0.4) is 0 Å². The van der Waals surface area contributed by atoms with Crippen molar-refractivity contribution in [2.24, 2.45) is 0 Å². The quantitative estimate of drug-likeness (QED) is 0.913. The van der Waals surface area contributed by atoms with Crippen molar-refractivity contribution in [3.05, 3.63) is 59.7 Å². The molecule has 1 aromatic heterocycles. The third-order valence-corrected chi connectivity index (χ3v) is 3.68. The van der Waals surface area contributed by atoms with Crippen LogP contribution in [0.15, 0.2) is 42.7 Å². The molecule has 0 aliphatic carbocycles. The van der Waals surface area contributed by atoms with E-state index in [1.165, 1.54) is 11.1 Å². The first-order chi connectivity index (χ1) is 9.42. The Bertz CT molecular complexity index is 501. The summed E-state index contributed by atoms with van der Waals surface area (Å²) in [7, 11) is 0. The molecule has 0 amide bonds. The highest BCUT2D eigenvalue weighted by Gasteiger charge is 2.17. The Hall–Kier alpha value is -1.74. The Morgan fingerprint density at radius 1 is 0.947 bits per heavy atom. The Balaban J connectivity index is 1.68. The van der Waals surface area contributed by atoms with Gasteiger partial charge in [0.15, 0.2) is 0 Å². The van der Waals surface area contributed by atoms with Gasteiger partial charge >= 0.3 is 0 Å². The van der Waals surface area contributed by atoms with Crippen molar-refractivity contribution in [3.8, 4) is 0 Å². The highest BCUT2D eigenvalue weighted by molar-refractivity contribution is 5.22. The predicted octanol–water partition coefficient (Wildman–Crippen LogP) is 2.53. The molecule has 98 valence electrons. The van der Waals surface area contributed by atoms with E-state index in [1.807, 2.05) is 18.5 Å². The second-order valence-corrected chi connectivity index (χ2v) is 5.14. The van der Waals surface area contributed by atoms with Gasteiger partial charge in [0.1, 0.15) is 5.82 Å². The molecule has 1 aromatic carbocycles. The molecule has 2 heterocycles. The third kappa shape index (κ3) is 3.18. The van der Waals surface area contributed by atoms with Crippen LogP contribution >= 0.6 is 0 Å². The topological polar surface area (TPSA) is 37.8 Å². The van der Waals surface area contributed by atoms with Crippen LogP contribution in [-0.4, -0.2) is 23.1 Å². The number of hydrogen-bond acceptors (Lipinski definition) is 3. The average Bonchev–Trinajstić information content (AvgIpc) is 2.50. The fraction of sp³-hybridized carbons (Fsp3) is 0.375. The van der Waals surface area contributed by atoms with E-state index in [4.69, 9.17) is 0 Å². The monoisotopic (exact) mass is 253 g/mol. The third-order valence-electron chi connectivity index (χ3n) is 3.68. The van der Waals surface area contributed by atoms with Crippen molar-refractivity contribution in [1.82, 2.24) is 15.3 Å². The largest absolute Gasteiger partial charge is 0.317 e. The van der Waals surface area contributed by atoms with Crippen molar-refractivity contribution in [3.63, 3.8) is 0 Å². The van der Waals surface area contributed by atoms with Crippen molar-refractivity contribution >= 4 is 0 Å². The fourth-order valence-corrected chi connectivity index (χ4v) is 2.58. The lowest BCUT2D eigenvalue weighted by molar-refractivity contribution is 0.444. The van der Waals surface area contributed by atoms with Crippen molar-refractivity contribution < 1.29 is 0 Å². The summed E-state index contributed by atoms with van der Waals surface area (Å²) in [6.07, 6.45) is 7.18. The number of nitrogens with zero attached hydrogens (tertiary/aromatic N) is 2. The molecule has 1 fully saturated rings. The van der Waals surface area contributed by atoms with Gasteiger partial charge in [0.25, 0.3) is 0 Å². The van der Waals surface area contributed by atoms with Crippen LogP contribution in [-0.2, 0) is 6.42 Å². The fourth-order valence-electron chi connectivity index (χ4n) is 2.58. The van der Waals surface area contributed by atoms with Gasteiger partial charge in [-0.15, -0.1) is 0 Å². The molecule has 1 aliphatic heterocycles. The van der Waals surface area contributed by atoms with Gasteiger partial charge < -0.3 is 5.32 Å². The Morgan fingerprint density at radius 2 is 1.63 bits per heavy atom. The zero-order chi connectivity index (χ0) is 12.9. The lowest BCUT2D eigenvalue weighted by Gasteiger charge is -2.21. The molecule has 1 aliphatic rings. The minimum absolute atomic E-state index is 0.534. The lowest BCUT2D eigenvalue weighted by Crippen LogP contribution is -2.27.